The number of aromatic nitrogens is 2. The number of hydrogen-bond donors (Lipinski definition) is 2. The van der Waals surface area contributed by atoms with E-state index in [1.807, 2.05) is 24.4 Å². The van der Waals surface area contributed by atoms with Crippen molar-refractivity contribution >= 4 is 17.0 Å². The number of furan rings is 1. The van der Waals surface area contributed by atoms with Crippen LogP contribution in [0.3, 0.4) is 0 Å². The lowest BCUT2D eigenvalue weighted by molar-refractivity contribution is 0.0503. The lowest BCUT2D eigenvalue weighted by Crippen LogP contribution is -2.09. The van der Waals surface area contributed by atoms with Crippen LogP contribution in [0, 0.1) is 0 Å². The van der Waals surface area contributed by atoms with Gasteiger partial charge in [0.25, 0.3) is 0 Å². The Morgan fingerprint density at radius 2 is 1.96 bits per heavy atom. The lowest BCUT2D eigenvalue weighted by atomic mass is 10.0. The van der Waals surface area contributed by atoms with Crippen molar-refractivity contribution in [3.8, 4) is 22.3 Å². The van der Waals surface area contributed by atoms with Crippen molar-refractivity contribution in [2.75, 3.05) is 0 Å². The number of fused-ring (bicyclic) bond motifs is 1. The van der Waals surface area contributed by atoms with Gasteiger partial charge in [-0.3, -0.25) is 0 Å². The lowest BCUT2D eigenvalue weighted by Gasteiger charge is -2.03. The van der Waals surface area contributed by atoms with Crippen LogP contribution < -0.4 is 5.90 Å². The molecule has 0 bridgehead atoms. The first-order valence-corrected chi connectivity index (χ1v) is 7.27. The van der Waals surface area contributed by atoms with Gasteiger partial charge in [0.15, 0.2) is 0 Å². The van der Waals surface area contributed by atoms with Crippen LogP contribution in [0.5, 0.6) is 0 Å². The molecule has 4 rings (SSSR count). The number of H-pyrrole nitrogens is 1. The van der Waals surface area contributed by atoms with Gasteiger partial charge in [-0.25, -0.2) is 9.78 Å². The molecule has 0 aliphatic carbocycles. The second kappa shape index (κ2) is 5.68. The minimum atomic E-state index is -0.565. The molecule has 0 amide bonds. The maximum Gasteiger partial charge on any atom is 0.356 e. The number of rotatable bonds is 3. The number of nitrogens with two attached hydrogens (primary N) is 1. The molecule has 0 saturated carbocycles. The Hall–Kier alpha value is -3.38. The van der Waals surface area contributed by atoms with E-state index < -0.39 is 5.97 Å². The molecule has 6 nitrogen and oxygen atoms in total. The first kappa shape index (κ1) is 14.2. The van der Waals surface area contributed by atoms with Crippen molar-refractivity contribution in [1.82, 2.24) is 9.97 Å². The third-order valence-corrected chi connectivity index (χ3v) is 3.92. The Balaban J connectivity index is 1.79. The van der Waals surface area contributed by atoms with Crippen LogP contribution in [0.25, 0.3) is 33.3 Å². The average Bonchev–Trinajstić information content (AvgIpc) is 3.30. The quantitative estimate of drug-likeness (QED) is 0.563. The molecule has 118 valence electrons. The molecule has 3 heterocycles. The molecule has 6 heteroatoms. The van der Waals surface area contributed by atoms with Crippen LogP contribution >= 0.6 is 0 Å². The van der Waals surface area contributed by atoms with Crippen molar-refractivity contribution in [3.05, 3.63) is 66.9 Å². The third-order valence-electron chi connectivity index (χ3n) is 3.92. The predicted molar refractivity (Wildman–Crippen MR) is 88.8 cm³/mol. The van der Waals surface area contributed by atoms with Gasteiger partial charge in [-0.1, -0.05) is 12.1 Å². The number of benzene rings is 1. The summed E-state index contributed by atoms with van der Waals surface area (Å²) in [4.78, 5) is 23.3. The summed E-state index contributed by atoms with van der Waals surface area (Å²) >= 11 is 0. The summed E-state index contributed by atoms with van der Waals surface area (Å²) < 4.78 is 5.13. The number of hydrogen-bond acceptors (Lipinski definition) is 5. The molecule has 0 unspecified atom stereocenters. The largest absolute Gasteiger partial charge is 0.472 e. The van der Waals surface area contributed by atoms with Crippen LogP contribution in [0.2, 0.25) is 0 Å². The zero-order valence-corrected chi connectivity index (χ0v) is 12.5. The Labute approximate surface area is 136 Å². The van der Waals surface area contributed by atoms with Gasteiger partial charge in [0.05, 0.1) is 18.1 Å². The van der Waals surface area contributed by atoms with E-state index in [0.29, 0.717) is 5.56 Å². The van der Waals surface area contributed by atoms with Gasteiger partial charge >= 0.3 is 5.97 Å². The highest BCUT2D eigenvalue weighted by atomic mass is 16.7. The van der Waals surface area contributed by atoms with Crippen LogP contribution in [-0.2, 0) is 4.84 Å². The van der Waals surface area contributed by atoms with Crippen molar-refractivity contribution < 1.29 is 14.0 Å². The fourth-order valence-electron chi connectivity index (χ4n) is 2.68. The van der Waals surface area contributed by atoms with Crippen molar-refractivity contribution in [1.29, 1.82) is 0 Å². The standard InChI is InChI=1S/C18H13N3O3/c19-24-18(22)12-3-1-11(2-4-12)16-9-21-17-15(16)7-14(8-20-17)13-5-6-23-10-13/h1-10H,19H2,(H,20,21). The maximum atomic E-state index is 11.4. The summed E-state index contributed by atoms with van der Waals surface area (Å²) in [5, 5.41) is 0.989. The smallest absolute Gasteiger partial charge is 0.356 e. The van der Waals surface area contributed by atoms with E-state index in [-0.39, 0.29) is 0 Å². The zero-order valence-electron chi connectivity index (χ0n) is 12.5. The fourth-order valence-corrected chi connectivity index (χ4v) is 2.68. The van der Waals surface area contributed by atoms with Gasteiger partial charge in [-0.05, 0) is 29.8 Å². The second-order valence-corrected chi connectivity index (χ2v) is 5.32. The van der Waals surface area contributed by atoms with Crippen LogP contribution in [0.4, 0.5) is 0 Å². The predicted octanol–water partition coefficient (Wildman–Crippen LogP) is 3.52. The van der Waals surface area contributed by atoms with E-state index in [2.05, 4.69) is 20.9 Å². The van der Waals surface area contributed by atoms with Gasteiger partial charge in [0.2, 0.25) is 0 Å². The summed E-state index contributed by atoms with van der Waals surface area (Å²) in [6, 6.07) is 11.0. The van der Waals surface area contributed by atoms with E-state index >= 15 is 0 Å². The number of nitrogens with zero attached hydrogens (tertiary/aromatic N) is 1. The first-order valence-electron chi connectivity index (χ1n) is 7.27. The molecule has 0 spiro atoms. The van der Waals surface area contributed by atoms with Gasteiger partial charge in [-0.2, -0.15) is 5.90 Å². The topological polar surface area (TPSA) is 94.1 Å². The molecule has 0 atom stereocenters. The molecule has 24 heavy (non-hydrogen) atoms. The van der Waals surface area contributed by atoms with Gasteiger partial charge in [-0.15, -0.1) is 0 Å². The Morgan fingerprint density at radius 1 is 1.12 bits per heavy atom. The van der Waals surface area contributed by atoms with Crippen LogP contribution in [-0.4, -0.2) is 15.9 Å². The van der Waals surface area contributed by atoms with Crippen LogP contribution in [0.15, 0.2) is 65.7 Å². The van der Waals surface area contributed by atoms with E-state index in [0.717, 1.165) is 33.3 Å². The van der Waals surface area contributed by atoms with E-state index in [1.165, 1.54) is 0 Å². The molecule has 1 aromatic carbocycles. The number of nitrogens with one attached hydrogen (secondary N) is 1. The minimum Gasteiger partial charge on any atom is -0.472 e. The summed E-state index contributed by atoms with van der Waals surface area (Å²) in [7, 11) is 0. The fraction of sp³-hybridized carbons (Fsp3) is 0. The summed E-state index contributed by atoms with van der Waals surface area (Å²) in [5.41, 5.74) is 5.09. The molecule has 0 fully saturated rings. The van der Waals surface area contributed by atoms with Gasteiger partial charge in [0, 0.05) is 34.5 Å². The van der Waals surface area contributed by atoms with Crippen molar-refractivity contribution in [2.45, 2.75) is 0 Å². The second-order valence-electron chi connectivity index (χ2n) is 5.32. The summed E-state index contributed by atoms with van der Waals surface area (Å²) in [5.74, 6) is 4.34. The molecular weight excluding hydrogens is 306 g/mol. The van der Waals surface area contributed by atoms with Gasteiger partial charge in [0.1, 0.15) is 5.65 Å². The normalized spacial score (nSPS) is 10.9. The van der Waals surface area contributed by atoms with E-state index in [4.69, 9.17) is 10.3 Å². The molecular formula is C18H13N3O3. The molecule has 0 aliphatic heterocycles. The SMILES string of the molecule is NOC(=O)c1ccc(-c2c[nH]c3ncc(-c4ccoc4)cc23)cc1. The average molecular weight is 319 g/mol. The molecule has 3 N–H and O–H groups in total. The van der Waals surface area contributed by atoms with E-state index in [1.54, 1.807) is 30.9 Å². The monoisotopic (exact) mass is 319 g/mol. The summed E-state index contributed by atoms with van der Waals surface area (Å²) in [6.45, 7) is 0. The highest BCUT2D eigenvalue weighted by Crippen LogP contribution is 2.31. The Kier molecular flexibility index (Phi) is 3.36. The number of carbonyl (C=O) groups is 1. The number of aromatic amines is 1. The molecule has 0 aliphatic rings. The summed E-state index contributed by atoms with van der Waals surface area (Å²) in [6.07, 6.45) is 7.01. The first-order chi connectivity index (χ1) is 11.8. The minimum absolute atomic E-state index is 0.401. The third kappa shape index (κ3) is 2.35. The highest BCUT2D eigenvalue weighted by molar-refractivity contribution is 5.96. The molecule has 0 saturated heterocycles. The molecule has 4 aromatic rings. The Bertz CT molecular complexity index is 1000. The van der Waals surface area contributed by atoms with Crippen molar-refractivity contribution in [3.63, 3.8) is 0 Å². The van der Waals surface area contributed by atoms with E-state index in [9.17, 15) is 4.79 Å². The molecule has 3 aromatic heterocycles. The van der Waals surface area contributed by atoms with Gasteiger partial charge < -0.3 is 14.2 Å². The van der Waals surface area contributed by atoms with Crippen molar-refractivity contribution in [2.24, 2.45) is 5.90 Å². The zero-order chi connectivity index (χ0) is 16.5. The maximum absolute atomic E-state index is 11.4. The Morgan fingerprint density at radius 3 is 2.67 bits per heavy atom. The number of pyridine rings is 1. The highest BCUT2D eigenvalue weighted by Gasteiger charge is 2.11. The van der Waals surface area contributed by atoms with Crippen LogP contribution in [0.1, 0.15) is 10.4 Å². The molecule has 0 radical (unpaired) electrons. The number of carbonyl (C=O) groups excluding carboxylic acids is 1.